The van der Waals surface area contributed by atoms with E-state index in [9.17, 15) is 9.18 Å². The van der Waals surface area contributed by atoms with Gasteiger partial charge in [0, 0.05) is 13.0 Å². The van der Waals surface area contributed by atoms with Gasteiger partial charge in [-0.3, -0.25) is 4.79 Å². The van der Waals surface area contributed by atoms with E-state index in [1.165, 1.54) is 17.7 Å². The van der Waals surface area contributed by atoms with Crippen LogP contribution < -0.4 is 0 Å². The minimum atomic E-state index is -0.194. The average molecular weight is 315 g/mol. The van der Waals surface area contributed by atoms with Gasteiger partial charge >= 0.3 is 0 Å². The third-order valence-electron chi connectivity index (χ3n) is 4.45. The first kappa shape index (κ1) is 15.8. The summed E-state index contributed by atoms with van der Waals surface area (Å²) in [5, 5.41) is 0. The fourth-order valence-corrected chi connectivity index (χ4v) is 3.04. The zero-order valence-electron chi connectivity index (χ0n) is 13.3. The summed E-state index contributed by atoms with van der Waals surface area (Å²) >= 11 is 0. The molecule has 4 heteroatoms. The number of carbonyl (C=O) groups is 1. The molecule has 0 fully saturated rings. The topological polar surface area (TPSA) is 33.5 Å². The Morgan fingerprint density at radius 3 is 2.78 bits per heavy atom. The van der Waals surface area contributed by atoms with Crippen molar-refractivity contribution in [1.82, 2.24) is 4.90 Å². The number of nitrogens with zero attached hydrogens (tertiary/aromatic N) is 1. The van der Waals surface area contributed by atoms with E-state index < -0.39 is 0 Å². The summed E-state index contributed by atoms with van der Waals surface area (Å²) in [6.07, 6.45) is 7.08. The van der Waals surface area contributed by atoms with E-state index in [0.717, 1.165) is 50.0 Å². The van der Waals surface area contributed by atoms with Crippen LogP contribution in [0.4, 0.5) is 4.39 Å². The Kier molecular flexibility index (Phi) is 5.11. The van der Waals surface area contributed by atoms with Gasteiger partial charge in [-0.15, -0.1) is 0 Å². The molecule has 0 aliphatic carbocycles. The Morgan fingerprint density at radius 1 is 1.13 bits per heavy atom. The maximum atomic E-state index is 12.8. The molecule has 2 aromatic rings. The Labute approximate surface area is 136 Å². The second-order valence-electron chi connectivity index (χ2n) is 6.12. The maximum absolute atomic E-state index is 12.8. The van der Waals surface area contributed by atoms with E-state index >= 15 is 0 Å². The van der Waals surface area contributed by atoms with Gasteiger partial charge in [0.05, 0.1) is 12.8 Å². The first-order valence-electron chi connectivity index (χ1n) is 8.30. The van der Waals surface area contributed by atoms with E-state index in [2.05, 4.69) is 0 Å². The summed E-state index contributed by atoms with van der Waals surface area (Å²) < 4.78 is 18.2. The molecule has 0 atom stereocenters. The lowest BCUT2D eigenvalue weighted by atomic mass is 10.0. The number of amides is 1. The highest BCUT2D eigenvalue weighted by Crippen LogP contribution is 2.20. The van der Waals surface area contributed by atoms with E-state index in [1.807, 2.05) is 23.1 Å². The van der Waals surface area contributed by atoms with Crippen LogP contribution in [0.3, 0.4) is 0 Å². The van der Waals surface area contributed by atoms with Gasteiger partial charge in [-0.05, 0) is 55.0 Å². The van der Waals surface area contributed by atoms with Crippen LogP contribution >= 0.6 is 0 Å². The number of rotatable bonds is 6. The van der Waals surface area contributed by atoms with Crippen molar-refractivity contribution < 1.29 is 13.6 Å². The lowest BCUT2D eigenvalue weighted by molar-refractivity contribution is -0.132. The summed E-state index contributed by atoms with van der Waals surface area (Å²) in [5.74, 6) is 0.954. The molecule has 0 N–H and O–H groups in total. The summed E-state index contributed by atoms with van der Waals surface area (Å²) in [6.45, 7) is 1.40. The van der Waals surface area contributed by atoms with Crippen LogP contribution in [0.5, 0.6) is 0 Å². The molecule has 122 valence electrons. The normalized spacial score (nSPS) is 13.9. The van der Waals surface area contributed by atoms with Crippen LogP contribution in [0.1, 0.15) is 42.6 Å². The minimum absolute atomic E-state index is 0.194. The van der Waals surface area contributed by atoms with Crippen LogP contribution in [0.25, 0.3) is 0 Å². The van der Waals surface area contributed by atoms with Gasteiger partial charge in [0.2, 0.25) is 5.91 Å². The zero-order valence-corrected chi connectivity index (χ0v) is 13.3. The number of benzene rings is 1. The zero-order chi connectivity index (χ0) is 16.1. The smallest absolute Gasteiger partial charge is 0.222 e. The predicted octanol–water partition coefficient (Wildman–Crippen LogP) is 4.11. The Balaban J connectivity index is 1.34. The third-order valence-corrected chi connectivity index (χ3v) is 4.45. The van der Waals surface area contributed by atoms with Crippen LogP contribution in [-0.2, 0) is 24.2 Å². The van der Waals surface area contributed by atoms with Crippen molar-refractivity contribution in [3.63, 3.8) is 0 Å². The van der Waals surface area contributed by atoms with Crippen LogP contribution in [0.15, 0.2) is 41.0 Å². The molecule has 0 saturated heterocycles. The lowest BCUT2D eigenvalue weighted by Crippen LogP contribution is -2.35. The molecule has 0 saturated carbocycles. The van der Waals surface area contributed by atoms with Crippen molar-refractivity contribution in [1.29, 1.82) is 0 Å². The molecule has 3 nitrogen and oxygen atoms in total. The Hall–Kier alpha value is -2.10. The van der Waals surface area contributed by atoms with E-state index in [4.69, 9.17) is 4.42 Å². The molecule has 1 aliphatic rings. The summed E-state index contributed by atoms with van der Waals surface area (Å²) in [6, 6.07) is 8.65. The van der Waals surface area contributed by atoms with Gasteiger partial charge in [0.15, 0.2) is 0 Å². The number of carbonyl (C=O) groups excluding carboxylic acids is 1. The first-order valence-corrected chi connectivity index (χ1v) is 8.30. The molecule has 1 aliphatic heterocycles. The second-order valence-corrected chi connectivity index (χ2v) is 6.12. The Morgan fingerprint density at radius 2 is 1.96 bits per heavy atom. The maximum Gasteiger partial charge on any atom is 0.222 e. The van der Waals surface area contributed by atoms with Crippen LogP contribution in [0.2, 0.25) is 0 Å². The molecule has 23 heavy (non-hydrogen) atoms. The number of fused-ring (bicyclic) bond motifs is 1. The van der Waals surface area contributed by atoms with Gasteiger partial charge in [-0.2, -0.15) is 0 Å². The van der Waals surface area contributed by atoms with E-state index in [1.54, 1.807) is 6.26 Å². The van der Waals surface area contributed by atoms with Crippen molar-refractivity contribution >= 4 is 5.91 Å². The van der Waals surface area contributed by atoms with Crippen molar-refractivity contribution in [3.05, 3.63) is 59.3 Å². The monoisotopic (exact) mass is 315 g/mol. The minimum Gasteiger partial charge on any atom is -0.467 e. The average Bonchev–Trinajstić information content (AvgIpc) is 3.03. The van der Waals surface area contributed by atoms with Gasteiger partial charge in [0.1, 0.15) is 11.6 Å². The standard InChI is InChI=1S/C19H22FNO2/c20-17-8-6-15(7-9-17)4-2-1-3-5-19(22)21-12-10-16-11-13-23-18(16)14-21/h6-9,11,13H,1-5,10,12,14H2. The number of aryl methyl sites for hydroxylation is 1. The molecule has 1 amide bonds. The molecule has 1 aromatic carbocycles. The van der Waals surface area contributed by atoms with Gasteiger partial charge in [0.25, 0.3) is 0 Å². The number of hydrogen-bond acceptors (Lipinski definition) is 2. The Bertz CT molecular complexity index is 648. The SMILES string of the molecule is O=C(CCCCCc1ccc(F)cc1)N1CCc2ccoc2C1. The van der Waals surface area contributed by atoms with Crippen molar-refractivity contribution in [2.45, 2.75) is 45.1 Å². The predicted molar refractivity (Wildman–Crippen MR) is 86.4 cm³/mol. The highest BCUT2D eigenvalue weighted by molar-refractivity contribution is 5.76. The summed E-state index contributed by atoms with van der Waals surface area (Å²) in [7, 11) is 0. The molecule has 1 aromatic heterocycles. The van der Waals surface area contributed by atoms with Gasteiger partial charge in [-0.25, -0.2) is 4.39 Å². The summed E-state index contributed by atoms with van der Waals surface area (Å²) in [4.78, 5) is 14.1. The molecule has 0 spiro atoms. The third kappa shape index (κ3) is 4.21. The van der Waals surface area contributed by atoms with Gasteiger partial charge < -0.3 is 9.32 Å². The number of unbranched alkanes of at least 4 members (excludes halogenated alkanes) is 2. The van der Waals surface area contributed by atoms with Crippen molar-refractivity contribution in [3.8, 4) is 0 Å². The number of hydrogen-bond donors (Lipinski definition) is 0. The fourth-order valence-electron chi connectivity index (χ4n) is 3.04. The van der Waals surface area contributed by atoms with E-state index in [-0.39, 0.29) is 11.7 Å². The highest BCUT2D eigenvalue weighted by atomic mass is 19.1. The molecule has 0 unspecified atom stereocenters. The van der Waals surface area contributed by atoms with E-state index in [0.29, 0.717) is 13.0 Å². The largest absolute Gasteiger partial charge is 0.467 e. The molecular formula is C19H22FNO2. The first-order chi connectivity index (χ1) is 11.2. The lowest BCUT2D eigenvalue weighted by Gasteiger charge is -2.26. The quantitative estimate of drug-likeness (QED) is 0.752. The number of furan rings is 1. The molecule has 2 heterocycles. The highest BCUT2D eigenvalue weighted by Gasteiger charge is 2.22. The molecular weight excluding hydrogens is 293 g/mol. The van der Waals surface area contributed by atoms with Crippen LogP contribution in [0, 0.1) is 5.82 Å². The molecule has 3 rings (SSSR count). The van der Waals surface area contributed by atoms with Crippen molar-refractivity contribution in [2.75, 3.05) is 6.54 Å². The van der Waals surface area contributed by atoms with Gasteiger partial charge in [-0.1, -0.05) is 18.6 Å². The van der Waals surface area contributed by atoms with Crippen molar-refractivity contribution in [2.24, 2.45) is 0 Å². The fraction of sp³-hybridized carbons (Fsp3) is 0.421. The van der Waals surface area contributed by atoms with Crippen LogP contribution in [-0.4, -0.2) is 17.4 Å². The second kappa shape index (κ2) is 7.44. The summed E-state index contributed by atoms with van der Waals surface area (Å²) in [5.41, 5.74) is 2.38. The number of halogens is 1. The molecule has 0 radical (unpaired) electrons. The molecule has 0 bridgehead atoms.